The topological polar surface area (TPSA) is 62.2 Å². The minimum Gasteiger partial charge on any atom is -0.480 e. The Morgan fingerprint density at radius 2 is 2.29 bits per heavy atom. The zero-order chi connectivity index (χ0) is 10.7. The molecule has 0 radical (unpaired) electrons. The van der Waals surface area contributed by atoms with E-state index in [4.69, 9.17) is 5.11 Å². The number of thiazole rings is 1. The molecule has 0 amide bonds. The van der Waals surface area contributed by atoms with Crippen molar-refractivity contribution in [1.29, 1.82) is 0 Å². The van der Waals surface area contributed by atoms with Crippen molar-refractivity contribution in [3.63, 3.8) is 0 Å². The summed E-state index contributed by atoms with van der Waals surface area (Å²) in [5.74, 6) is -0.830. The van der Waals surface area contributed by atoms with Crippen LogP contribution >= 0.6 is 11.3 Å². The van der Waals surface area contributed by atoms with E-state index in [0.29, 0.717) is 6.54 Å². The SMILES string of the molecule is Cc1nc(C)c(CNC(C)C(=O)O)s1. The van der Waals surface area contributed by atoms with Crippen molar-refractivity contribution in [1.82, 2.24) is 10.3 Å². The van der Waals surface area contributed by atoms with E-state index in [-0.39, 0.29) is 0 Å². The van der Waals surface area contributed by atoms with E-state index in [1.54, 1.807) is 18.3 Å². The lowest BCUT2D eigenvalue weighted by Crippen LogP contribution is -2.32. The molecule has 4 nitrogen and oxygen atoms in total. The van der Waals surface area contributed by atoms with E-state index in [9.17, 15) is 4.79 Å². The van der Waals surface area contributed by atoms with E-state index >= 15 is 0 Å². The third kappa shape index (κ3) is 2.78. The van der Waals surface area contributed by atoms with Crippen LogP contribution in [0.15, 0.2) is 0 Å². The Morgan fingerprint density at radius 3 is 2.71 bits per heavy atom. The molecule has 0 aliphatic heterocycles. The molecule has 14 heavy (non-hydrogen) atoms. The largest absolute Gasteiger partial charge is 0.480 e. The van der Waals surface area contributed by atoms with Crippen LogP contribution in [0, 0.1) is 13.8 Å². The number of nitrogens with zero attached hydrogens (tertiary/aromatic N) is 1. The summed E-state index contributed by atoms with van der Waals surface area (Å²) in [6, 6.07) is -0.517. The maximum absolute atomic E-state index is 10.5. The lowest BCUT2D eigenvalue weighted by Gasteiger charge is -2.07. The maximum Gasteiger partial charge on any atom is 0.320 e. The Bertz CT molecular complexity index is 336. The summed E-state index contributed by atoms with van der Waals surface area (Å²) in [6.45, 7) is 6.09. The van der Waals surface area contributed by atoms with Gasteiger partial charge in [0.05, 0.1) is 10.7 Å². The molecule has 5 heteroatoms. The first-order chi connectivity index (χ1) is 6.50. The van der Waals surface area contributed by atoms with E-state index in [1.165, 1.54) is 0 Å². The molecule has 1 rings (SSSR count). The molecule has 0 saturated heterocycles. The van der Waals surface area contributed by atoms with Crippen LogP contribution in [0.1, 0.15) is 22.5 Å². The molecule has 0 fully saturated rings. The molecule has 0 aromatic carbocycles. The monoisotopic (exact) mass is 214 g/mol. The minimum atomic E-state index is -0.830. The van der Waals surface area contributed by atoms with Gasteiger partial charge in [-0.2, -0.15) is 0 Å². The van der Waals surface area contributed by atoms with Gasteiger partial charge >= 0.3 is 5.97 Å². The Balaban J connectivity index is 2.53. The molecule has 1 aromatic heterocycles. The van der Waals surface area contributed by atoms with Gasteiger partial charge in [0.2, 0.25) is 0 Å². The molecule has 78 valence electrons. The summed E-state index contributed by atoms with van der Waals surface area (Å²) in [5.41, 5.74) is 0.984. The number of aryl methyl sites for hydroxylation is 2. The van der Waals surface area contributed by atoms with Crippen molar-refractivity contribution in [3.05, 3.63) is 15.6 Å². The Morgan fingerprint density at radius 1 is 1.64 bits per heavy atom. The van der Waals surface area contributed by atoms with Gasteiger partial charge in [0.15, 0.2) is 0 Å². The zero-order valence-corrected chi connectivity index (χ0v) is 9.31. The fourth-order valence-corrected chi connectivity index (χ4v) is 1.96. The molecule has 2 N–H and O–H groups in total. The lowest BCUT2D eigenvalue weighted by atomic mass is 10.3. The van der Waals surface area contributed by atoms with E-state index in [0.717, 1.165) is 15.6 Å². The van der Waals surface area contributed by atoms with Crippen molar-refractivity contribution in [2.75, 3.05) is 0 Å². The number of aromatic nitrogens is 1. The van der Waals surface area contributed by atoms with E-state index < -0.39 is 12.0 Å². The van der Waals surface area contributed by atoms with Crippen molar-refractivity contribution in [2.45, 2.75) is 33.4 Å². The number of hydrogen-bond donors (Lipinski definition) is 2. The summed E-state index contributed by atoms with van der Waals surface area (Å²) >= 11 is 1.60. The summed E-state index contributed by atoms with van der Waals surface area (Å²) < 4.78 is 0. The Labute approximate surface area is 87.0 Å². The Kier molecular flexibility index (Phi) is 3.60. The molecule has 1 aromatic rings. The van der Waals surface area contributed by atoms with Crippen LogP contribution in [0.2, 0.25) is 0 Å². The molecule has 0 bridgehead atoms. The minimum absolute atomic E-state index is 0.517. The van der Waals surface area contributed by atoms with Crippen molar-refractivity contribution in [3.8, 4) is 0 Å². The van der Waals surface area contributed by atoms with Crippen LogP contribution in [0.4, 0.5) is 0 Å². The third-order valence-corrected chi connectivity index (χ3v) is 3.01. The van der Waals surface area contributed by atoms with Gasteiger partial charge < -0.3 is 5.11 Å². The van der Waals surface area contributed by atoms with Gasteiger partial charge in [-0.1, -0.05) is 0 Å². The average molecular weight is 214 g/mol. The third-order valence-electron chi connectivity index (χ3n) is 1.94. The molecule has 1 atom stereocenters. The summed E-state index contributed by atoms with van der Waals surface area (Å²) in [6.07, 6.45) is 0. The second kappa shape index (κ2) is 4.52. The fourth-order valence-electron chi connectivity index (χ4n) is 1.07. The number of rotatable bonds is 4. The van der Waals surface area contributed by atoms with Gasteiger partial charge in [-0.05, 0) is 20.8 Å². The van der Waals surface area contributed by atoms with E-state index in [1.807, 2.05) is 13.8 Å². The van der Waals surface area contributed by atoms with Crippen molar-refractivity contribution in [2.24, 2.45) is 0 Å². The summed E-state index contributed by atoms with van der Waals surface area (Å²) in [4.78, 5) is 15.9. The van der Waals surface area contributed by atoms with Gasteiger partial charge in [0, 0.05) is 11.4 Å². The van der Waals surface area contributed by atoms with Gasteiger partial charge in [-0.15, -0.1) is 11.3 Å². The second-order valence-corrected chi connectivity index (χ2v) is 4.47. The van der Waals surface area contributed by atoms with Crippen molar-refractivity contribution < 1.29 is 9.90 Å². The van der Waals surface area contributed by atoms with Crippen LogP contribution in [-0.2, 0) is 11.3 Å². The highest BCUT2D eigenvalue weighted by Crippen LogP contribution is 2.16. The molecule has 0 aliphatic carbocycles. The molecule has 0 saturated carbocycles. The molecule has 1 unspecified atom stereocenters. The number of nitrogens with one attached hydrogen (secondary N) is 1. The number of carboxylic acids is 1. The van der Waals surface area contributed by atoms with Crippen LogP contribution in [-0.4, -0.2) is 22.1 Å². The normalized spacial score (nSPS) is 12.8. The summed E-state index contributed by atoms with van der Waals surface area (Å²) in [5, 5.41) is 12.6. The van der Waals surface area contributed by atoms with Crippen LogP contribution in [0.25, 0.3) is 0 Å². The molecular weight excluding hydrogens is 200 g/mol. The highest BCUT2D eigenvalue weighted by atomic mass is 32.1. The number of hydrogen-bond acceptors (Lipinski definition) is 4. The van der Waals surface area contributed by atoms with E-state index in [2.05, 4.69) is 10.3 Å². The van der Waals surface area contributed by atoms with Gasteiger partial charge in [0.1, 0.15) is 6.04 Å². The number of carbonyl (C=O) groups is 1. The molecule has 0 spiro atoms. The predicted octanol–water partition coefficient (Wildman–Crippen LogP) is 1.32. The number of carboxylic acid groups (broad SMARTS) is 1. The first-order valence-electron chi connectivity index (χ1n) is 4.40. The average Bonchev–Trinajstić information content (AvgIpc) is 2.40. The zero-order valence-electron chi connectivity index (χ0n) is 8.50. The highest BCUT2D eigenvalue weighted by Gasteiger charge is 2.11. The first-order valence-corrected chi connectivity index (χ1v) is 5.21. The van der Waals surface area contributed by atoms with Gasteiger partial charge in [-0.25, -0.2) is 4.98 Å². The first kappa shape index (κ1) is 11.1. The molecule has 0 aliphatic rings. The van der Waals surface area contributed by atoms with Crippen LogP contribution < -0.4 is 5.32 Å². The van der Waals surface area contributed by atoms with Gasteiger partial charge in [0.25, 0.3) is 0 Å². The summed E-state index contributed by atoms with van der Waals surface area (Å²) in [7, 11) is 0. The highest BCUT2D eigenvalue weighted by molar-refractivity contribution is 7.11. The standard InChI is InChI=1S/C9H14N2O2S/c1-5-8(14-7(3)11-5)4-10-6(2)9(12)13/h6,10H,4H2,1-3H3,(H,12,13). The Hall–Kier alpha value is -0.940. The van der Waals surface area contributed by atoms with Crippen molar-refractivity contribution >= 4 is 17.3 Å². The number of aliphatic carboxylic acids is 1. The molecular formula is C9H14N2O2S. The van der Waals surface area contributed by atoms with Gasteiger partial charge in [-0.3, -0.25) is 10.1 Å². The second-order valence-electron chi connectivity index (χ2n) is 3.18. The quantitative estimate of drug-likeness (QED) is 0.793. The smallest absolute Gasteiger partial charge is 0.320 e. The fraction of sp³-hybridized carbons (Fsp3) is 0.556. The van der Waals surface area contributed by atoms with Crippen LogP contribution in [0.5, 0.6) is 0 Å². The predicted molar refractivity (Wildman–Crippen MR) is 55.5 cm³/mol. The van der Waals surface area contributed by atoms with Crippen LogP contribution in [0.3, 0.4) is 0 Å². The molecule has 1 heterocycles. The lowest BCUT2D eigenvalue weighted by molar-refractivity contribution is -0.139. The maximum atomic E-state index is 10.5.